The predicted octanol–water partition coefficient (Wildman–Crippen LogP) is 2.74. The van der Waals surface area contributed by atoms with E-state index in [9.17, 15) is 0 Å². The summed E-state index contributed by atoms with van der Waals surface area (Å²) in [5.41, 5.74) is 8.38. The van der Waals surface area contributed by atoms with Gasteiger partial charge in [0.15, 0.2) is 0 Å². The molecule has 1 heterocycles. The molecule has 1 aliphatic heterocycles. The molecule has 1 atom stereocenters. The third kappa shape index (κ3) is 4.50. The Labute approximate surface area is 123 Å². The first kappa shape index (κ1) is 15.3. The molecule has 3 nitrogen and oxygen atoms in total. The highest BCUT2D eigenvalue weighted by Crippen LogP contribution is 2.17. The van der Waals surface area contributed by atoms with Gasteiger partial charge in [-0.1, -0.05) is 6.07 Å². The van der Waals surface area contributed by atoms with Gasteiger partial charge in [-0.15, -0.1) is 0 Å². The Morgan fingerprint density at radius 2 is 2.15 bits per heavy atom. The molecule has 1 aromatic rings. The van der Waals surface area contributed by atoms with Crippen LogP contribution < -0.4 is 10.5 Å². The highest BCUT2D eigenvalue weighted by atomic mass is 16.5. The van der Waals surface area contributed by atoms with Crippen LogP contribution in [0.5, 0.6) is 5.75 Å². The number of hydrogen-bond donors (Lipinski definition) is 1. The fourth-order valence-corrected chi connectivity index (χ4v) is 2.83. The van der Waals surface area contributed by atoms with Gasteiger partial charge in [0.1, 0.15) is 5.75 Å². The molecule has 1 aliphatic rings. The second-order valence-corrected chi connectivity index (χ2v) is 5.99. The molecule has 1 fully saturated rings. The Kier molecular flexibility index (Phi) is 5.86. The molecule has 0 aliphatic carbocycles. The van der Waals surface area contributed by atoms with Gasteiger partial charge in [0.25, 0.3) is 0 Å². The van der Waals surface area contributed by atoms with Crippen LogP contribution in [0.15, 0.2) is 18.2 Å². The van der Waals surface area contributed by atoms with E-state index in [1.165, 1.54) is 37.1 Å². The molecular formula is C17H28N2O. The minimum absolute atomic E-state index is 0.699. The number of rotatable bonds is 6. The van der Waals surface area contributed by atoms with Crippen LogP contribution in [0.1, 0.15) is 30.4 Å². The van der Waals surface area contributed by atoms with Crippen LogP contribution in [0.25, 0.3) is 0 Å². The molecule has 0 radical (unpaired) electrons. The van der Waals surface area contributed by atoms with E-state index in [-0.39, 0.29) is 0 Å². The molecule has 20 heavy (non-hydrogen) atoms. The van der Waals surface area contributed by atoms with Crippen molar-refractivity contribution < 1.29 is 4.74 Å². The first-order chi connectivity index (χ1) is 9.69. The monoisotopic (exact) mass is 276 g/mol. The van der Waals surface area contributed by atoms with Crippen LogP contribution in [0.4, 0.5) is 0 Å². The van der Waals surface area contributed by atoms with Crippen LogP contribution >= 0.6 is 0 Å². The van der Waals surface area contributed by atoms with Crippen LogP contribution in [0, 0.1) is 19.8 Å². The second-order valence-electron chi connectivity index (χ2n) is 5.99. The summed E-state index contributed by atoms with van der Waals surface area (Å²) in [6.45, 7) is 9.40. The van der Waals surface area contributed by atoms with Crippen molar-refractivity contribution in [2.75, 3.05) is 32.8 Å². The third-order valence-electron chi connectivity index (χ3n) is 4.30. The lowest BCUT2D eigenvalue weighted by Crippen LogP contribution is -2.39. The van der Waals surface area contributed by atoms with Gasteiger partial charge < -0.3 is 15.4 Å². The van der Waals surface area contributed by atoms with Crippen molar-refractivity contribution in [3.63, 3.8) is 0 Å². The summed E-state index contributed by atoms with van der Waals surface area (Å²) < 4.78 is 5.83. The number of hydrogen-bond acceptors (Lipinski definition) is 3. The molecule has 2 rings (SSSR count). The molecule has 1 aromatic carbocycles. The van der Waals surface area contributed by atoms with Crippen molar-refractivity contribution in [3.05, 3.63) is 29.3 Å². The summed E-state index contributed by atoms with van der Waals surface area (Å²) in [5, 5.41) is 0. The van der Waals surface area contributed by atoms with Gasteiger partial charge >= 0.3 is 0 Å². The van der Waals surface area contributed by atoms with E-state index in [2.05, 4.69) is 36.9 Å². The summed E-state index contributed by atoms with van der Waals surface area (Å²) in [4.78, 5) is 2.53. The normalized spacial score (nSPS) is 20.1. The average Bonchev–Trinajstić information content (AvgIpc) is 2.47. The quantitative estimate of drug-likeness (QED) is 0.812. The van der Waals surface area contributed by atoms with Gasteiger partial charge in [0.05, 0.1) is 6.61 Å². The lowest BCUT2D eigenvalue weighted by atomic mass is 9.98. The Morgan fingerprint density at radius 3 is 2.90 bits per heavy atom. The van der Waals surface area contributed by atoms with Crippen molar-refractivity contribution in [2.45, 2.75) is 33.1 Å². The number of piperidine rings is 1. The average molecular weight is 276 g/mol. The lowest BCUT2D eigenvalue weighted by molar-refractivity contribution is 0.165. The van der Waals surface area contributed by atoms with E-state index in [1.807, 2.05) is 0 Å². The molecule has 2 N–H and O–H groups in total. The molecule has 112 valence electrons. The maximum Gasteiger partial charge on any atom is 0.119 e. The van der Waals surface area contributed by atoms with Gasteiger partial charge in [0, 0.05) is 13.1 Å². The second kappa shape index (κ2) is 7.65. The summed E-state index contributed by atoms with van der Waals surface area (Å²) in [7, 11) is 0. The SMILES string of the molecule is Cc1ccc(OCCCN2CCCC(CN)C2)cc1C. The fraction of sp³-hybridized carbons (Fsp3) is 0.647. The van der Waals surface area contributed by atoms with E-state index in [0.717, 1.165) is 31.9 Å². The Bertz CT molecular complexity index is 419. The van der Waals surface area contributed by atoms with Crippen LogP contribution in [-0.2, 0) is 0 Å². The fourth-order valence-electron chi connectivity index (χ4n) is 2.83. The number of benzene rings is 1. The minimum atomic E-state index is 0.699. The molecular weight excluding hydrogens is 248 g/mol. The standard InChI is InChI=1S/C17H28N2O/c1-14-6-7-17(11-15(14)2)20-10-4-9-19-8-3-5-16(12-18)13-19/h6-7,11,16H,3-5,8-10,12-13,18H2,1-2H3. The lowest BCUT2D eigenvalue weighted by Gasteiger charge is -2.31. The highest BCUT2D eigenvalue weighted by Gasteiger charge is 2.17. The van der Waals surface area contributed by atoms with Gasteiger partial charge in [-0.2, -0.15) is 0 Å². The van der Waals surface area contributed by atoms with Crippen molar-refractivity contribution in [2.24, 2.45) is 11.7 Å². The zero-order valence-electron chi connectivity index (χ0n) is 12.9. The van der Waals surface area contributed by atoms with Gasteiger partial charge in [-0.3, -0.25) is 0 Å². The number of likely N-dealkylation sites (tertiary alicyclic amines) is 1. The maximum absolute atomic E-state index is 5.83. The molecule has 0 bridgehead atoms. The highest BCUT2D eigenvalue weighted by molar-refractivity contribution is 5.33. The Balaban J connectivity index is 1.67. The Hall–Kier alpha value is -1.06. The van der Waals surface area contributed by atoms with E-state index in [0.29, 0.717) is 5.92 Å². The first-order valence-corrected chi connectivity index (χ1v) is 7.81. The minimum Gasteiger partial charge on any atom is -0.494 e. The molecule has 0 aromatic heterocycles. The van der Waals surface area contributed by atoms with Crippen molar-refractivity contribution >= 4 is 0 Å². The zero-order valence-corrected chi connectivity index (χ0v) is 12.9. The van der Waals surface area contributed by atoms with Crippen molar-refractivity contribution in [1.82, 2.24) is 4.90 Å². The zero-order chi connectivity index (χ0) is 14.4. The van der Waals surface area contributed by atoms with E-state index >= 15 is 0 Å². The number of ether oxygens (including phenoxy) is 1. The van der Waals surface area contributed by atoms with Gasteiger partial charge in [-0.05, 0) is 75.4 Å². The van der Waals surface area contributed by atoms with E-state index in [1.54, 1.807) is 0 Å². The topological polar surface area (TPSA) is 38.5 Å². The summed E-state index contributed by atoms with van der Waals surface area (Å²) in [6.07, 6.45) is 3.68. The maximum atomic E-state index is 5.83. The molecule has 0 amide bonds. The van der Waals surface area contributed by atoms with E-state index < -0.39 is 0 Å². The third-order valence-corrected chi connectivity index (χ3v) is 4.30. The molecule has 1 unspecified atom stereocenters. The smallest absolute Gasteiger partial charge is 0.119 e. The first-order valence-electron chi connectivity index (χ1n) is 7.81. The number of aryl methyl sites for hydroxylation is 2. The molecule has 1 saturated heterocycles. The van der Waals surface area contributed by atoms with Crippen LogP contribution in [-0.4, -0.2) is 37.7 Å². The predicted molar refractivity (Wildman–Crippen MR) is 84.2 cm³/mol. The van der Waals surface area contributed by atoms with Crippen LogP contribution in [0.2, 0.25) is 0 Å². The summed E-state index contributed by atoms with van der Waals surface area (Å²) in [6, 6.07) is 6.31. The van der Waals surface area contributed by atoms with Gasteiger partial charge in [0.2, 0.25) is 0 Å². The molecule has 0 saturated carbocycles. The number of nitrogens with two attached hydrogens (primary N) is 1. The van der Waals surface area contributed by atoms with Crippen LogP contribution in [0.3, 0.4) is 0 Å². The van der Waals surface area contributed by atoms with Gasteiger partial charge in [-0.25, -0.2) is 0 Å². The van der Waals surface area contributed by atoms with Crippen molar-refractivity contribution in [1.29, 1.82) is 0 Å². The molecule has 3 heteroatoms. The van der Waals surface area contributed by atoms with E-state index in [4.69, 9.17) is 10.5 Å². The van der Waals surface area contributed by atoms with Crippen molar-refractivity contribution in [3.8, 4) is 5.75 Å². The summed E-state index contributed by atoms with van der Waals surface area (Å²) >= 11 is 0. The molecule has 0 spiro atoms. The Morgan fingerprint density at radius 1 is 1.30 bits per heavy atom. The number of nitrogens with zero attached hydrogens (tertiary/aromatic N) is 1. The largest absolute Gasteiger partial charge is 0.494 e. The summed E-state index contributed by atoms with van der Waals surface area (Å²) in [5.74, 6) is 1.69.